The Labute approximate surface area is 286 Å². The molecular formula is C38H45N3O8. The lowest BCUT2D eigenvalue weighted by Gasteiger charge is -2.39. The molecule has 11 heteroatoms. The number of hydrogen-bond donors (Lipinski definition) is 3. The Bertz CT molecular complexity index is 1740. The van der Waals surface area contributed by atoms with Gasteiger partial charge in [-0.1, -0.05) is 31.5 Å². The highest BCUT2D eigenvalue weighted by molar-refractivity contribution is 5.97. The van der Waals surface area contributed by atoms with Crippen LogP contribution in [-0.2, 0) is 26.4 Å². The average molecular weight is 672 g/mol. The summed E-state index contributed by atoms with van der Waals surface area (Å²) >= 11 is 0. The molecule has 0 aliphatic carbocycles. The van der Waals surface area contributed by atoms with E-state index in [-0.39, 0.29) is 29.4 Å². The summed E-state index contributed by atoms with van der Waals surface area (Å²) < 4.78 is 18.2. The standard InChI is InChI=1S/C38H45N3O8/c1-5-9-24(34(44)48-37(2,3)4)10-8-17-39-36(46)41-20-18-40(19-21-41)23-27-31(43)16-15-30-33(27)47-32-22-25(42)13-14-29(32)38(30)28-12-7-6-11-26(28)35(45)49-38/h6-7,11-16,22,24,42-43H,5,8-10,17-21,23H2,1-4H3,(H,39,46). The molecule has 1 saturated heterocycles. The number of fused-ring (bicyclic) bond motifs is 6. The van der Waals surface area contributed by atoms with Crippen LogP contribution in [0.1, 0.15) is 86.0 Å². The van der Waals surface area contributed by atoms with Gasteiger partial charge in [-0.2, -0.15) is 0 Å². The monoisotopic (exact) mass is 671 g/mol. The highest BCUT2D eigenvalue weighted by atomic mass is 16.6. The zero-order valence-corrected chi connectivity index (χ0v) is 28.6. The Balaban J connectivity index is 1.12. The second-order valence-electron chi connectivity index (χ2n) is 14.0. The number of phenols is 2. The van der Waals surface area contributed by atoms with Crippen molar-refractivity contribution in [2.75, 3.05) is 32.7 Å². The van der Waals surface area contributed by atoms with Crippen LogP contribution in [0.25, 0.3) is 0 Å². The number of nitrogens with one attached hydrogen (secondary N) is 1. The molecule has 49 heavy (non-hydrogen) atoms. The fourth-order valence-electron chi connectivity index (χ4n) is 7.02. The van der Waals surface area contributed by atoms with Crippen molar-refractivity contribution in [3.05, 3.63) is 82.4 Å². The maximum Gasteiger partial charge on any atom is 0.340 e. The van der Waals surface area contributed by atoms with Crippen LogP contribution in [0.3, 0.4) is 0 Å². The maximum atomic E-state index is 13.2. The van der Waals surface area contributed by atoms with Gasteiger partial charge in [-0.25, -0.2) is 9.59 Å². The Morgan fingerprint density at radius 1 is 0.980 bits per heavy atom. The van der Waals surface area contributed by atoms with E-state index in [1.165, 1.54) is 12.1 Å². The van der Waals surface area contributed by atoms with Crippen LogP contribution in [0.5, 0.6) is 23.0 Å². The summed E-state index contributed by atoms with van der Waals surface area (Å²) in [5.41, 5.74) is 0.962. The lowest BCUT2D eigenvalue weighted by Crippen LogP contribution is -2.51. The van der Waals surface area contributed by atoms with Crippen molar-refractivity contribution < 1.29 is 38.8 Å². The molecule has 260 valence electrons. The van der Waals surface area contributed by atoms with Crippen molar-refractivity contribution in [1.82, 2.24) is 15.1 Å². The normalized spacial score (nSPS) is 18.9. The summed E-state index contributed by atoms with van der Waals surface area (Å²) in [6.07, 6.45) is 2.97. The van der Waals surface area contributed by atoms with Crippen molar-refractivity contribution in [3.63, 3.8) is 0 Å². The Hall–Kier alpha value is -4.77. The maximum absolute atomic E-state index is 13.2. The Morgan fingerprint density at radius 2 is 1.71 bits per heavy atom. The lowest BCUT2D eigenvalue weighted by molar-refractivity contribution is -0.160. The highest BCUT2D eigenvalue weighted by Crippen LogP contribution is 2.58. The lowest BCUT2D eigenvalue weighted by atomic mass is 9.77. The summed E-state index contributed by atoms with van der Waals surface area (Å²) in [6.45, 7) is 10.6. The van der Waals surface area contributed by atoms with Gasteiger partial charge in [0.2, 0.25) is 0 Å². The zero-order valence-electron chi connectivity index (χ0n) is 28.6. The first kappa shape index (κ1) is 34.1. The molecule has 1 fully saturated rings. The first-order chi connectivity index (χ1) is 23.4. The van der Waals surface area contributed by atoms with Gasteiger partial charge < -0.3 is 34.6 Å². The number of carbonyl (C=O) groups excluding carboxylic acids is 3. The molecule has 11 nitrogen and oxygen atoms in total. The predicted octanol–water partition coefficient (Wildman–Crippen LogP) is 6.03. The largest absolute Gasteiger partial charge is 0.508 e. The number of urea groups is 1. The molecule has 2 amide bonds. The minimum absolute atomic E-state index is 0.00474. The molecule has 0 aromatic heterocycles. The molecule has 3 aromatic carbocycles. The molecule has 6 rings (SSSR count). The average Bonchev–Trinajstić information content (AvgIpc) is 3.35. The minimum atomic E-state index is -1.31. The topological polar surface area (TPSA) is 138 Å². The number of nitrogens with zero attached hydrogens (tertiary/aromatic N) is 2. The number of rotatable bonds is 9. The van der Waals surface area contributed by atoms with Crippen LogP contribution in [0.2, 0.25) is 0 Å². The number of esters is 2. The van der Waals surface area contributed by atoms with Gasteiger partial charge in [0.15, 0.2) is 5.60 Å². The van der Waals surface area contributed by atoms with Gasteiger partial charge in [0.25, 0.3) is 0 Å². The van der Waals surface area contributed by atoms with E-state index in [1.807, 2.05) is 39.8 Å². The number of phenolic OH excluding ortho intramolecular Hbond substituents is 2. The van der Waals surface area contributed by atoms with Crippen molar-refractivity contribution in [2.24, 2.45) is 5.92 Å². The molecule has 0 radical (unpaired) electrons. The summed E-state index contributed by atoms with van der Waals surface area (Å²) in [5.74, 6) is -0.0981. The summed E-state index contributed by atoms with van der Waals surface area (Å²) in [4.78, 5) is 42.7. The number of amides is 2. The quantitative estimate of drug-likeness (QED) is 0.184. The first-order valence-electron chi connectivity index (χ1n) is 17.1. The van der Waals surface area contributed by atoms with E-state index in [1.54, 1.807) is 35.2 Å². The van der Waals surface area contributed by atoms with E-state index in [0.717, 1.165) is 12.8 Å². The van der Waals surface area contributed by atoms with E-state index in [0.29, 0.717) is 91.4 Å². The third kappa shape index (κ3) is 6.76. The van der Waals surface area contributed by atoms with Crippen LogP contribution < -0.4 is 10.1 Å². The minimum Gasteiger partial charge on any atom is -0.508 e. The van der Waals surface area contributed by atoms with Gasteiger partial charge in [-0.15, -0.1) is 0 Å². The smallest absolute Gasteiger partial charge is 0.340 e. The fraction of sp³-hybridized carbons (Fsp3) is 0.447. The van der Waals surface area contributed by atoms with E-state index in [9.17, 15) is 24.6 Å². The van der Waals surface area contributed by atoms with Crippen molar-refractivity contribution in [3.8, 4) is 23.0 Å². The van der Waals surface area contributed by atoms with Crippen LogP contribution in [0.15, 0.2) is 54.6 Å². The van der Waals surface area contributed by atoms with Gasteiger partial charge in [0.1, 0.15) is 28.6 Å². The first-order valence-corrected chi connectivity index (χ1v) is 17.1. The van der Waals surface area contributed by atoms with E-state index in [2.05, 4.69) is 10.2 Å². The molecule has 0 saturated carbocycles. The predicted molar refractivity (Wildman–Crippen MR) is 182 cm³/mol. The van der Waals surface area contributed by atoms with E-state index < -0.39 is 17.2 Å². The molecule has 3 aromatic rings. The van der Waals surface area contributed by atoms with Gasteiger partial charge in [0.05, 0.1) is 17.0 Å². The second kappa shape index (κ2) is 13.6. The van der Waals surface area contributed by atoms with E-state index in [4.69, 9.17) is 14.2 Å². The molecule has 3 heterocycles. The molecule has 2 unspecified atom stereocenters. The van der Waals surface area contributed by atoms with Gasteiger partial charge in [0, 0.05) is 62.0 Å². The molecule has 1 spiro atoms. The summed E-state index contributed by atoms with van der Waals surface area (Å²) in [7, 11) is 0. The fourth-order valence-corrected chi connectivity index (χ4v) is 7.02. The number of benzene rings is 3. The number of hydrogen-bond acceptors (Lipinski definition) is 9. The van der Waals surface area contributed by atoms with Crippen LogP contribution in [0, 0.1) is 5.92 Å². The number of ether oxygens (including phenoxy) is 3. The molecule has 3 aliphatic heterocycles. The molecule has 0 bridgehead atoms. The van der Waals surface area contributed by atoms with Crippen LogP contribution in [0.4, 0.5) is 4.79 Å². The summed E-state index contributed by atoms with van der Waals surface area (Å²) in [5, 5.41) is 24.5. The van der Waals surface area contributed by atoms with E-state index >= 15 is 0 Å². The highest BCUT2D eigenvalue weighted by Gasteiger charge is 2.54. The van der Waals surface area contributed by atoms with Crippen molar-refractivity contribution in [1.29, 1.82) is 0 Å². The number of aromatic hydroxyl groups is 2. The molecule has 3 N–H and O–H groups in total. The van der Waals surface area contributed by atoms with Crippen LogP contribution in [-0.4, -0.2) is 76.3 Å². The second-order valence-corrected chi connectivity index (χ2v) is 14.0. The van der Waals surface area contributed by atoms with Crippen LogP contribution >= 0.6 is 0 Å². The zero-order chi connectivity index (χ0) is 34.9. The third-order valence-electron chi connectivity index (χ3n) is 9.37. The molecule has 2 atom stereocenters. The Kier molecular flexibility index (Phi) is 9.48. The third-order valence-corrected chi connectivity index (χ3v) is 9.37. The van der Waals surface area contributed by atoms with Crippen molar-refractivity contribution >= 4 is 18.0 Å². The van der Waals surface area contributed by atoms with Gasteiger partial charge in [-0.05, 0) is 70.4 Å². The molecule has 3 aliphatic rings. The van der Waals surface area contributed by atoms with Gasteiger partial charge in [-0.3, -0.25) is 9.69 Å². The molecular weight excluding hydrogens is 626 g/mol. The van der Waals surface area contributed by atoms with Crippen molar-refractivity contribution in [2.45, 2.75) is 71.1 Å². The number of piperazine rings is 1. The van der Waals surface area contributed by atoms with Gasteiger partial charge >= 0.3 is 18.0 Å². The number of carbonyl (C=O) groups is 3. The SMILES string of the molecule is CCCC(CCCNC(=O)N1CCN(Cc2c(O)ccc3c2Oc2cc(O)ccc2C32OC(=O)c3ccccc32)CC1)C(=O)OC(C)(C)C. The Morgan fingerprint density at radius 3 is 2.45 bits per heavy atom. The summed E-state index contributed by atoms with van der Waals surface area (Å²) in [6, 6.07) is 15.1.